The first-order valence-electron chi connectivity index (χ1n) is 3.28. The van der Waals surface area contributed by atoms with Crippen LogP contribution >= 0.6 is 0 Å². The van der Waals surface area contributed by atoms with Gasteiger partial charge < -0.3 is 4.74 Å². The SMILES string of the molecule is O=[S+]c1cccc(OC(F)(F)F)c1F. The van der Waals surface area contributed by atoms with Gasteiger partial charge in [-0.3, -0.25) is 0 Å². The van der Waals surface area contributed by atoms with Gasteiger partial charge in [-0.1, -0.05) is 6.07 Å². The van der Waals surface area contributed by atoms with Gasteiger partial charge in [0.15, 0.2) is 5.75 Å². The molecule has 0 bridgehead atoms. The Morgan fingerprint density at radius 3 is 2.43 bits per heavy atom. The maximum atomic E-state index is 13.0. The summed E-state index contributed by atoms with van der Waals surface area (Å²) in [6.07, 6.45) is -4.97. The molecule has 0 atom stereocenters. The maximum Gasteiger partial charge on any atom is 0.573 e. The predicted octanol–water partition coefficient (Wildman–Crippen LogP) is 2.51. The number of ether oxygens (including phenoxy) is 1. The summed E-state index contributed by atoms with van der Waals surface area (Å²) >= 11 is -0.237. The van der Waals surface area contributed by atoms with E-state index < -0.39 is 22.8 Å². The molecular formula is C7H3F4O2S+. The molecule has 0 aliphatic heterocycles. The highest BCUT2D eigenvalue weighted by Gasteiger charge is 2.34. The smallest absolute Gasteiger partial charge is 0.402 e. The van der Waals surface area contributed by atoms with E-state index in [1.54, 1.807) is 0 Å². The van der Waals surface area contributed by atoms with E-state index in [9.17, 15) is 21.8 Å². The Hall–Kier alpha value is -1.24. The molecule has 0 N–H and O–H groups in total. The van der Waals surface area contributed by atoms with Gasteiger partial charge in [0.05, 0.1) is 0 Å². The van der Waals surface area contributed by atoms with Crippen LogP contribution in [-0.2, 0) is 15.9 Å². The average Bonchev–Trinajstić information content (AvgIpc) is 2.06. The minimum Gasteiger partial charge on any atom is -0.402 e. The van der Waals surface area contributed by atoms with Gasteiger partial charge in [0.25, 0.3) is 0 Å². The van der Waals surface area contributed by atoms with Crippen molar-refractivity contribution in [3.8, 4) is 5.75 Å². The van der Waals surface area contributed by atoms with Crippen LogP contribution in [-0.4, -0.2) is 6.36 Å². The Morgan fingerprint density at radius 1 is 1.29 bits per heavy atom. The van der Waals surface area contributed by atoms with Gasteiger partial charge in [-0.15, -0.1) is 13.2 Å². The second kappa shape index (κ2) is 3.87. The lowest BCUT2D eigenvalue weighted by atomic mass is 10.3. The molecule has 0 spiro atoms. The first kappa shape index (κ1) is 10.8. The van der Waals surface area contributed by atoms with Crippen molar-refractivity contribution in [2.45, 2.75) is 11.3 Å². The van der Waals surface area contributed by atoms with E-state index in [0.717, 1.165) is 18.2 Å². The van der Waals surface area contributed by atoms with Crippen LogP contribution < -0.4 is 4.74 Å². The Kier molecular flexibility index (Phi) is 3.00. The molecule has 14 heavy (non-hydrogen) atoms. The van der Waals surface area contributed by atoms with Gasteiger partial charge in [0.1, 0.15) is 0 Å². The monoisotopic (exact) mass is 227 g/mol. The highest BCUT2D eigenvalue weighted by atomic mass is 32.1. The van der Waals surface area contributed by atoms with Crippen LogP contribution in [0.4, 0.5) is 17.6 Å². The zero-order valence-electron chi connectivity index (χ0n) is 6.47. The molecule has 76 valence electrons. The van der Waals surface area contributed by atoms with E-state index in [-0.39, 0.29) is 11.7 Å². The van der Waals surface area contributed by atoms with E-state index in [1.165, 1.54) is 0 Å². The highest BCUT2D eigenvalue weighted by Crippen LogP contribution is 2.27. The molecule has 1 aromatic carbocycles. The predicted molar refractivity (Wildman–Crippen MR) is 39.4 cm³/mol. The van der Waals surface area contributed by atoms with Crippen LogP contribution in [0, 0.1) is 5.82 Å². The molecule has 0 aromatic heterocycles. The topological polar surface area (TPSA) is 26.3 Å². The third-order valence-corrected chi connectivity index (χ3v) is 1.74. The summed E-state index contributed by atoms with van der Waals surface area (Å²) in [4.78, 5) is -0.438. The number of alkyl halides is 3. The van der Waals surface area contributed by atoms with Crippen molar-refractivity contribution in [2.24, 2.45) is 0 Å². The third kappa shape index (κ3) is 2.63. The molecule has 0 fully saturated rings. The number of benzene rings is 1. The van der Waals surface area contributed by atoms with E-state index in [1.807, 2.05) is 0 Å². The largest absolute Gasteiger partial charge is 0.573 e. The third-order valence-electron chi connectivity index (χ3n) is 1.24. The Bertz CT molecular complexity index is 350. The van der Waals surface area contributed by atoms with Gasteiger partial charge >= 0.3 is 22.9 Å². The van der Waals surface area contributed by atoms with Crippen molar-refractivity contribution in [3.05, 3.63) is 24.0 Å². The van der Waals surface area contributed by atoms with Gasteiger partial charge in [-0.05, 0) is 6.07 Å². The standard InChI is InChI=1S/C7H3F4O2S/c8-6-4(13-7(9,10)11)2-1-3-5(6)14-12/h1-3H/q+1. The summed E-state index contributed by atoms with van der Waals surface area (Å²) in [6.45, 7) is 0. The van der Waals surface area contributed by atoms with E-state index >= 15 is 0 Å². The second-order valence-electron chi connectivity index (χ2n) is 2.20. The molecule has 0 amide bonds. The van der Waals surface area contributed by atoms with E-state index in [2.05, 4.69) is 4.74 Å². The number of halogens is 4. The van der Waals surface area contributed by atoms with Gasteiger partial charge in [-0.2, -0.15) is 4.39 Å². The van der Waals surface area contributed by atoms with Crippen molar-refractivity contribution in [2.75, 3.05) is 0 Å². The van der Waals surface area contributed by atoms with Crippen LogP contribution in [0.5, 0.6) is 5.75 Å². The second-order valence-corrected chi connectivity index (χ2v) is 2.81. The quantitative estimate of drug-likeness (QED) is 0.573. The summed E-state index contributed by atoms with van der Waals surface area (Å²) in [7, 11) is 0. The molecule has 0 saturated heterocycles. The Labute approximate surface area is 80.0 Å². The summed E-state index contributed by atoms with van der Waals surface area (Å²) < 4.78 is 61.6. The van der Waals surface area contributed by atoms with Crippen LogP contribution in [0.2, 0.25) is 0 Å². The zero-order chi connectivity index (χ0) is 10.8. The fraction of sp³-hybridized carbons (Fsp3) is 0.143. The van der Waals surface area contributed by atoms with Crippen LogP contribution in [0.25, 0.3) is 0 Å². The minimum absolute atomic E-state index is 0.237. The minimum atomic E-state index is -4.97. The molecule has 7 heteroatoms. The number of rotatable bonds is 2. The molecule has 2 nitrogen and oxygen atoms in total. The van der Waals surface area contributed by atoms with Crippen molar-refractivity contribution in [1.82, 2.24) is 0 Å². The maximum absolute atomic E-state index is 13.0. The Balaban J connectivity index is 3.04. The molecule has 0 aliphatic rings. The summed E-state index contributed by atoms with van der Waals surface area (Å²) in [5.74, 6) is -2.30. The molecule has 0 aliphatic carbocycles. The summed E-state index contributed by atoms with van der Waals surface area (Å²) in [5, 5.41) is 0. The molecule has 0 saturated carbocycles. The lowest BCUT2D eigenvalue weighted by Crippen LogP contribution is -2.18. The average molecular weight is 227 g/mol. The fourth-order valence-electron chi connectivity index (χ4n) is 0.759. The van der Waals surface area contributed by atoms with Crippen molar-refractivity contribution in [3.63, 3.8) is 0 Å². The normalized spacial score (nSPS) is 11.1. The van der Waals surface area contributed by atoms with Gasteiger partial charge in [-0.25, -0.2) is 0 Å². The molecular weight excluding hydrogens is 224 g/mol. The lowest BCUT2D eigenvalue weighted by molar-refractivity contribution is -0.275. The summed E-state index contributed by atoms with van der Waals surface area (Å²) in [5.41, 5.74) is 0. The molecule has 1 rings (SSSR count). The fourth-order valence-corrected chi connectivity index (χ4v) is 1.07. The van der Waals surface area contributed by atoms with Crippen LogP contribution in [0.1, 0.15) is 0 Å². The molecule has 0 unspecified atom stereocenters. The van der Waals surface area contributed by atoms with Crippen molar-refractivity contribution < 1.29 is 26.5 Å². The van der Waals surface area contributed by atoms with Gasteiger partial charge in [0.2, 0.25) is 5.82 Å². The molecule has 0 radical (unpaired) electrons. The first-order chi connectivity index (χ1) is 6.44. The van der Waals surface area contributed by atoms with Crippen LogP contribution in [0.15, 0.2) is 23.1 Å². The van der Waals surface area contributed by atoms with Crippen molar-refractivity contribution in [1.29, 1.82) is 0 Å². The Morgan fingerprint density at radius 2 is 1.93 bits per heavy atom. The van der Waals surface area contributed by atoms with E-state index in [4.69, 9.17) is 0 Å². The van der Waals surface area contributed by atoms with Crippen LogP contribution in [0.3, 0.4) is 0 Å². The highest BCUT2D eigenvalue weighted by molar-refractivity contribution is 7.65. The molecule has 1 aromatic rings. The zero-order valence-corrected chi connectivity index (χ0v) is 7.29. The first-order valence-corrected chi connectivity index (χ1v) is 4.02. The lowest BCUT2D eigenvalue weighted by Gasteiger charge is -2.07. The summed E-state index contributed by atoms with van der Waals surface area (Å²) in [6, 6.07) is 2.96. The van der Waals surface area contributed by atoms with Crippen molar-refractivity contribution >= 4 is 11.7 Å². The van der Waals surface area contributed by atoms with Gasteiger partial charge in [0, 0.05) is 10.3 Å². The van der Waals surface area contributed by atoms with E-state index in [0.29, 0.717) is 0 Å². The number of hydrogen-bond donors (Lipinski definition) is 0. The molecule has 0 heterocycles. The number of hydrogen-bond acceptors (Lipinski definition) is 2.